The molecule has 0 unspecified atom stereocenters. The van der Waals surface area contributed by atoms with E-state index in [1.807, 2.05) is 55.3 Å². The highest BCUT2D eigenvalue weighted by molar-refractivity contribution is 7.21. The van der Waals surface area contributed by atoms with Crippen LogP contribution in [0.2, 0.25) is 0 Å². The fraction of sp³-hybridized carbons (Fsp3) is 0.296. The van der Waals surface area contributed by atoms with E-state index < -0.39 is 0 Å². The number of likely N-dealkylation sites (N-methyl/N-ethyl adjacent to an activating group) is 1. The average molecular weight is 492 g/mol. The van der Waals surface area contributed by atoms with Gasteiger partial charge in [-0.05, 0) is 55.8 Å². The summed E-state index contributed by atoms with van der Waals surface area (Å²) in [5.41, 5.74) is 4.16. The summed E-state index contributed by atoms with van der Waals surface area (Å²) >= 11 is 1.32. The standard InChI is InChI=1S/C27H29N3O4S/c1-16-24-18(15-34-4)9-10-20(17(2)32)26(24)35-25(16)27(33)29-23-13-19(14-30(3)11-12-31)21-7-5-6-8-22(21)28-23/h5-10,13,31H,11-12,14-15H2,1-4H3,(H,28,29,33). The number of nitrogens with one attached hydrogen (secondary N) is 1. The fourth-order valence-corrected chi connectivity index (χ4v) is 5.67. The highest BCUT2D eigenvalue weighted by Crippen LogP contribution is 2.37. The molecule has 0 atom stereocenters. The Morgan fingerprint density at radius 2 is 1.94 bits per heavy atom. The number of aromatic nitrogens is 1. The Hall–Kier alpha value is -3.17. The number of nitrogens with zero attached hydrogens (tertiary/aromatic N) is 2. The number of para-hydroxylation sites is 1. The van der Waals surface area contributed by atoms with E-state index in [4.69, 9.17) is 4.74 Å². The molecule has 35 heavy (non-hydrogen) atoms. The molecular weight excluding hydrogens is 462 g/mol. The molecular formula is C27H29N3O4S. The Morgan fingerprint density at radius 1 is 1.17 bits per heavy atom. The minimum absolute atomic E-state index is 0.0417. The van der Waals surface area contributed by atoms with Gasteiger partial charge in [-0.25, -0.2) is 4.98 Å². The van der Waals surface area contributed by atoms with Crippen LogP contribution >= 0.6 is 11.3 Å². The summed E-state index contributed by atoms with van der Waals surface area (Å²) < 4.78 is 6.15. The topological polar surface area (TPSA) is 91.8 Å². The van der Waals surface area contributed by atoms with Crippen molar-refractivity contribution < 1.29 is 19.4 Å². The summed E-state index contributed by atoms with van der Waals surface area (Å²) in [6.45, 7) is 5.05. The van der Waals surface area contributed by atoms with Gasteiger partial charge in [-0.3, -0.25) is 14.5 Å². The molecule has 2 N–H and O–H groups in total. The number of methoxy groups -OCH3 is 1. The number of thiophene rings is 1. The zero-order chi connectivity index (χ0) is 25.1. The first-order chi connectivity index (χ1) is 16.8. The summed E-state index contributed by atoms with van der Waals surface area (Å²) in [7, 11) is 3.56. The van der Waals surface area contributed by atoms with E-state index in [1.54, 1.807) is 13.2 Å². The molecule has 0 saturated carbocycles. The first-order valence-electron chi connectivity index (χ1n) is 11.4. The first-order valence-corrected chi connectivity index (χ1v) is 12.2. The molecule has 0 spiro atoms. The van der Waals surface area contributed by atoms with Crippen molar-refractivity contribution in [1.82, 2.24) is 9.88 Å². The summed E-state index contributed by atoms with van der Waals surface area (Å²) in [6, 6.07) is 13.4. The Kier molecular flexibility index (Phi) is 7.57. The second-order valence-electron chi connectivity index (χ2n) is 8.62. The van der Waals surface area contributed by atoms with Crippen LogP contribution in [-0.4, -0.2) is 54.0 Å². The quantitative estimate of drug-likeness (QED) is 0.327. The van der Waals surface area contributed by atoms with Gasteiger partial charge in [-0.1, -0.05) is 24.3 Å². The van der Waals surface area contributed by atoms with E-state index in [-0.39, 0.29) is 18.3 Å². The number of carbonyl (C=O) groups excluding carboxylic acids is 2. The zero-order valence-electron chi connectivity index (χ0n) is 20.3. The van der Waals surface area contributed by atoms with Gasteiger partial charge in [0.05, 0.1) is 23.6 Å². The number of rotatable bonds is 9. The summed E-state index contributed by atoms with van der Waals surface area (Å²) in [5, 5.41) is 14.2. The lowest BCUT2D eigenvalue weighted by Crippen LogP contribution is -2.22. The van der Waals surface area contributed by atoms with Crippen LogP contribution in [0, 0.1) is 6.92 Å². The zero-order valence-corrected chi connectivity index (χ0v) is 21.2. The first kappa shape index (κ1) is 24.9. The van der Waals surface area contributed by atoms with Crippen LogP contribution in [-0.2, 0) is 17.9 Å². The van der Waals surface area contributed by atoms with Crippen molar-refractivity contribution >= 4 is 49.8 Å². The number of anilines is 1. The van der Waals surface area contributed by atoms with Gasteiger partial charge in [0.15, 0.2) is 5.78 Å². The Morgan fingerprint density at radius 3 is 2.66 bits per heavy atom. The minimum atomic E-state index is -0.265. The number of aliphatic hydroxyl groups is 1. The smallest absolute Gasteiger partial charge is 0.267 e. The van der Waals surface area contributed by atoms with E-state index in [2.05, 4.69) is 10.3 Å². The number of Topliss-reactive ketones (excluding diaryl/α,β-unsaturated/α-hetero) is 1. The molecule has 0 aliphatic rings. The molecule has 2 aromatic carbocycles. The van der Waals surface area contributed by atoms with E-state index in [9.17, 15) is 14.7 Å². The predicted octanol–water partition coefficient (Wildman–Crippen LogP) is 4.78. The second kappa shape index (κ2) is 10.6. The number of ketones is 1. The molecule has 0 fully saturated rings. The Balaban J connectivity index is 1.74. The van der Waals surface area contributed by atoms with Gasteiger partial charge < -0.3 is 15.2 Å². The number of hydrogen-bond acceptors (Lipinski definition) is 7. The lowest BCUT2D eigenvalue weighted by molar-refractivity contribution is 0.101. The normalized spacial score (nSPS) is 11.5. The van der Waals surface area contributed by atoms with E-state index >= 15 is 0 Å². The third kappa shape index (κ3) is 5.11. The van der Waals surface area contributed by atoms with Crippen molar-refractivity contribution in [1.29, 1.82) is 0 Å². The molecule has 2 aromatic heterocycles. The van der Waals surface area contributed by atoms with Gasteiger partial charge in [-0.15, -0.1) is 11.3 Å². The summed E-state index contributed by atoms with van der Waals surface area (Å²) in [4.78, 5) is 32.9. The monoisotopic (exact) mass is 491 g/mol. The van der Waals surface area contributed by atoms with Gasteiger partial charge in [0.2, 0.25) is 0 Å². The summed E-state index contributed by atoms with van der Waals surface area (Å²) in [6.07, 6.45) is 0. The average Bonchev–Trinajstić information content (AvgIpc) is 3.17. The molecule has 0 aliphatic heterocycles. The van der Waals surface area contributed by atoms with Crippen LogP contribution in [0.25, 0.3) is 21.0 Å². The van der Waals surface area contributed by atoms with Crippen LogP contribution in [0.5, 0.6) is 0 Å². The number of fused-ring (bicyclic) bond motifs is 2. The third-order valence-electron chi connectivity index (χ3n) is 6.01. The highest BCUT2D eigenvalue weighted by Gasteiger charge is 2.22. The van der Waals surface area contributed by atoms with Crippen molar-refractivity contribution in [3.8, 4) is 0 Å². The maximum Gasteiger partial charge on any atom is 0.267 e. The Bertz CT molecular complexity index is 1410. The number of amides is 1. The van der Waals surface area contributed by atoms with Crippen LogP contribution in [0.4, 0.5) is 5.82 Å². The number of carbonyl (C=O) groups is 2. The number of ether oxygens (including phenoxy) is 1. The van der Waals surface area contributed by atoms with Crippen LogP contribution in [0.1, 0.15) is 43.6 Å². The van der Waals surface area contributed by atoms with Crippen molar-refractivity contribution in [2.24, 2.45) is 0 Å². The maximum absolute atomic E-state index is 13.4. The molecule has 1 amide bonds. The molecule has 4 aromatic rings. The van der Waals surface area contributed by atoms with Gasteiger partial charge >= 0.3 is 0 Å². The van der Waals surface area contributed by atoms with Crippen molar-refractivity contribution in [2.75, 3.05) is 32.6 Å². The van der Waals surface area contributed by atoms with Gasteiger partial charge in [-0.2, -0.15) is 0 Å². The van der Waals surface area contributed by atoms with Gasteiger partial charge in [0.25, 0.3) is 5.91 Å². The van der Waals surface area contributed by atoms with Crippen LogP contribution in [0.3, 0.4) is 0 Å². The molecule has 7 nitrogen and oxygen atoms in total. The molecule has 0 aliphatic carbocycles. The van der Waals surface area contributed by atoms with Gasteiger partial charge in [0.1, 0.15) is 5.82 Å². The SMILES string of the molecule is COCc1ccc(C(C)=O)c2sc(C(=O)Nc3cc(CN(C)CCO)c4ccccc4n3)c(C)c12. The second-order valence-corrected chi connectivity index (χ2v) is 9.64. The molecule has 4 rings (SSSR count). The molecule has 2 heterocycles. The number of benzene rings is 2. The number of aliphatic hydroxyl groups excluding tert-OH is 1. The Labute approximate surface area is 208 Å². The lowest BCUT2D eigenvalue weighted by Gasteiger charge is -2.17. The number of aryl methyl sites for hydroxylation is 1. The van der Waals surface area contributed by atoms with Crippen LogP contribution < -0.4 is 5.32 Å². The number of hydrogen-bond donors (Lipinski definition) is 2. The molecule has 0 saturated heterocycles. The lowest BCUT2D eigenvalue weighted by atomic mass is 10.0. The van der Waals surface area contributed by atoms with Gasteiger partial charge in [0, 0.05) is 41.2 Å². The van der Waals surface area contributed by atoms with Crippen LogP contribution in [0.15, 0.2) is 42.5 Å². The van der Waals surface area contributed by atoms with E-state index in [0.717, 1.165) is 37.7 Å². The van der Waals surface area contributed by atoms with Crippen molar-refractivity contribution in [3.05, 3.63) is 69.6 Å². The van der Waals surface area contributed by atoms with E-state index in [1.165, 1.54) is 18.3 Å². The third-order valence-corrected chi connectivity index (χ3v) is 7.34. The van der Waals surface area contributed by atoms with Crippen molar-refractivity contribution in [2.45, 2.75) is 27.0 Å². The number of pyridine rings is 1. The highest BCUT2D eigenvalue weighted by atomic mass is 32.1. The summed E-state index contributed by atoms with van der Waals surface area (Å²) in [5.74, 6) is 0.154. The molecule has 8 heteroatoms. The molecule has 0 radical (unpaired) electrons. The molecule has 0 bridgehead atoms. The predicted molar refractivity (Wildman–Crippen MR) is 140 cm³/mol. The largest absolute Gasteiger partial charge is 0.395 e. The van der Waals surface area contributed by atoms with E-state index in [0.29, 0.717) is 36.0 Å². The molecule has 182 valence electrons. The fourth-order valence-electron chi connectivity index (χ4n) is 4.36. The maximum atomic E-state index is 13.4. The minimum Gasteiger partial charge on any atom is -0.395 e. The van der Waals surface area contributed by atoms with Crippen molar-refractivity contribution in [3.63, 3.8) is 0 Å².